The molecule has 0 spiro atoms. The summed E-state index contributed by atoms with van der Waals surface area (Å²) in [6, 6.07) is 4.09. The molecule has 1 N–H and O–H groups in total. The maximum absolute atomic E-state index is 13.4. The van der Waals surface area contributed by atoms with Crippen molar-refractivity contribution in [1.29, 1.82) is 0 Å². The van der Waals surface area contributed by atoms with E-state index in [1.54, 1.807) is 0 Å². The molecule has 4 aliphatic rings. The van der Waals surface area contributed by atoms with Gasteiger partial charge >= 0.3 is 0 Å². The molecule has 142 valence electrons. The van der Waals surface area contributed by atoms with E-state index in [1.165, 1.54) is 18.2 Å². The zero-order valence-electron chi connectivity index (χ0n) is 14.8. The fraction of sp³-hybridized carbons (Fsp3) is 0.526. The topological polar surface area (TPSA) is 77.2 Å². The van der Waals surface area contributed by atoms with Crippen molar-refractivity contribution in [3.63, 3.8) is 0 Å². The zero-order valence-corrected chi connectivity index (χ0v) is 15.6. The standard InChI is InChI=1S/C19H19ClFN3O3/c1-17(4-5-17)15-23-24-16(27-15)18-8-19(9-18,10-18)22-14(25)7-26-11-2-3-12(20)13(21)6-11/h2-3,6H,4-5,7-10H2,1H3,(H,22,25). The van der Waals surface area contributed by atoms with E-state index >= 15 is 0 Å². The van der Waals surface area contributed by atoms with Gasteiger partial charge in [-0.3, -0.25) is 4.79 Å². The lowest BCUT2D eigenvalue weighted by molar-refractivity contribution is -0.143. The number of nitrogens with one attached hydrogen (secondary N) is 1. The largest absolute Gasteiger partial charge is 0.484 e. The van der Waals surface area contributed by atoms with Gasteiger partial charge in [0.25, 0.3) is 5.91 Å². The third-order valence-corrected chi connectivity index (χ3v) is 6.40. The molecule has 0 atom stereocenters. The van der Waals surface area contributed by atoms with Crippen LogP contribution in [0.15, 0.2) is 22.6 Å². The normalized spacial score (nSPS) is 29.4. The summed E-state index contributed by atoms with van der Waals surface area (Å²) in [4.78, 5) is 12.2. The minimum Gasteiger partial charge on any atom is -0.484 e. The van der Waals surface area contributed by atoms with Crippen molar-refractivity contribution < 1.29 is 18.3 Å². The molecule has 8 heteroatoms. The zero-order chi connectivity index (χ0) is 18.9. The Hall–Kier alpha value is -2.15. The van der Waals surface area contributed by atoms with Gasteiger partial charge in [-0.15, -0.1) is 10.2 Å². The highest BCUT2D eigenvalue weighted by molar-refractivity contribution is 6.30. The van der Waals surface area contributed by atoms with Crippen molar-refractivity contribution in [1.82, 2.24) is 15.5 Å². The van der Waals surface area contributed by atoms with E-state index in [9.17, 15) is 9.18 Å². The summed E-state index contributed by atoms with van der Waals surface area (Å²) in [6.45, 7) is 1.97. The van der Waals surface area contributed by atoms with Gasteiger partial charge < -0.3 is 14.5 Å². The van der Waals surface area contributed by atoms with E-state index in [1.807, 2.05) is 0 Å². The number of aromatic nitrogens is 2. The van der Waals surface area contributed by atoms with Crippen molar-refractivity contribution in [2.45, 2.75) is 55.4 Å². The van der Waals surface area contributed by atoms with Crippen LogP contribution >= 0.6 is 11.6 Å². The number of nitrogens with zero attached hydrogens (tertiary/aromatic N) is 2. The van der Waals surface area contributed by atoms with Crippen LogP contribution in [0.1, 0.15) is 50.8 Å². The third kappa shape index (κ3) is 2.71. The van der Waals surface area contributed by atoms with E-state index in [-0.39, 0.29) is 39.7 Å². The highest BCUT2D eigenvalue weighted by Crippen LogP contribution is 2.67. The first-order valence-corrected chi connectivity index (χ1v) is 9.43. The average Bonchev–Trinajstić information content (AvgIpc) is 3.12. The maximum atomic E-state index is 13.4. The van der Waals surface area contributed by atoms with Crippen molar-refractivity contribution >= 4 is 17.5 Å². The summed E-state index contributed by atoms with van der Waals surface area (Å²) in [5.74, 6) is 0.914. The second-order valence-electron chi connectivity index (χ2n) is 8.48. The van der Waals surface area contributed by atoms with Crippen LogP contribution in [0.2, 0.25) is 5.02 Å². The Labute approximate surface area is 160 Å². The van der Waals surface area contributed by atoms with Crippen LogP contribution in [-0.2, 0) is 15.6 Å². The average molecular weight is 392 g/mol. The predicted molar refractivity (Wildman–Crippen MR) is 94.2 cm³/mol. The van der Waals surface area contributed by atoms with E-state index in [4.69, 9.17) is 20.8 Å². The van der Waals surface area contributed by atoms with Gasteiger partial charge in [0, 0.05) is 17.0 Å². The molecular formula is C19H19ClFN3O3. The number of ether oxygens (including phenoxy) is 1. The number of halogens is 2. The minimum absolute atomic E-state index is 0.0193. The monoisotopic (exact) mass is 391 g/mol. The van der Waals surface area contributed by atoms with Crippen molar-refractivity contribution in [3.8, 4) is 5.75 Å². The molecule has 6 nitrogen and oxygen atoms in total. The molecule has 1 heterocycles. The summed E-state index contributed by atoms with van der Waals surface area (Å²) in [5, 5.41) is 11.5. The van der Waals surface area contributed by atoms with Gasteiger partial charge in [0.05, 0.1) is 10.4 Å². The van der Waals surface area contributed by atoms with Gasteiger partial charge in [0.15, 0.2) is 6.61 Å². The molecule has 0 radical (unpaired) electrons. The lowest BCUT2D eigenvalue weighted by atomic mass is 9.39. The summed E-state index contributed by atoms with van der Waals surface area (Å²) in [6.07, 6.45) is 4.61. The van der Waals surface area contributed by atoms with Crippen molar-refractivity contribution in [2.75, 3.05) is 6.61 Å². The molecule has 1 aromatic carbocycles. The molecule has 4 aliphatic carbocycles. The Balaban J connectivity index is 1.14. The predicted octanol–water partition coefficient (Wildman–Crippen LogP) is 3.28. The van der Waals surface area contributed by atoms with Crippen LogP contribution in [-0.4, -0.2) is 28.3 Å². The fourth-order valence-corrected chi connectivity index (χ4v) is 4.40. The number of carbonyl (C=O) groups excluding carboxylic acids is 1. The Morgan fingerprint density at radius 2 is 2.00 bits per heavy atom. The quantitative estimate of drug-likeness (QED) is 0.817. The lowest BCUT2D eigenvalue weighted by Gasteiger charge is -2.68. The molecule has 4 fully saturated rings. The van der Waals surface area contributed by atoms with Gasteiger partial charge in [-0.2, -0.15) is 0 Å². The molecular weight excluding hydrogens is 373 g/mol. The van der Waals surface area contributed by atoms with Crippen LogP contribution in [0.25, 0.3) is 0 Å². The number of hydrogen-bond donors (Lipinski definition) is 1. The number of rotatable bonds is 6. The molecule has 4 saturated carbocycles. The molecule has 27 heavy (non-hydrogen) atoms. The number of amides is 1. The van der Waals surface area contributed by atoms with Gasteiger partial charge in [0.2, 0.25) is 11.8 Å². The molecule has 1 aromatic heterocycles. The fourth-order valence-electron chi connectivity index (χ4n) is 4.28. The maximum Gasteiger partial charge on any atom is 0.258 e. The molecule has 2 aromatic rings. The Morgan fingerprint density at radius 3 is 2.67 bits per heavy atom. The second kappa shape index (κ2) is 5.44. The van der Waals surface area contributed by atoms with Crippen LogP contribution in [0.5, 0.6) is 5.75 Å². The first-order valence-electron chi connectivity index (χ1n) is 9.05. The summed E-state index contributed by atoms with van der Waals surface area (Å²) in [7, 11) is 0. The smallest absolute Gasteiger partial charge is 0.258 e. The van der Waals surface area contributed by atoms with Crippen LogP contribution < -0.4 is 10.1 Å². The highest BCUT2D eigenvalue weighted by atomic mass is 35.5. The summed E-state index contributed by atoms with van der Waals surface area (Å²) in [5.41, 5.74) is -0.215. The third-order valence-electron chi connectivity index (χ3n) is 6.09. The number of hydrogen-bond acceptors (Lipinski definition) is 5. The van der Waals surface area contributed by atoms with E-state index in [2.05, 4.69) is 22.4 Å². The molecule has 0 aliphatic heterocycles. The Kier molecular flexibility index (Phi) is 3.42. The van der Waals surface area contributed by atoms with Crippen LogP contribution in [0, 0.1) is 5.82 Å². The van der Waals surface area contributed by atoms with Crippen molar-refractivity contribution in [2.24, 2.45) is 0 Å². The SMILES string of the molecule is CC1(c2nnc(C34CC(NC(=O)COc5ccc(Cl)c(F)c5)(C3)C4)o2)CC1. The first-order chi connectivity index (χ1) is 12.8. The van der Waals surface area contributed by atoms with Gasteiger partial charge in [-0.25, -0.2) is 4.39 Å². The highest BCUT2D eigenvalue weighted by Gasteiger charge is 2.72. The minimum atomic E-state index is -0.574. The van der Waals surface area contributed by atoms with E-state index < -0.39 is 5.82 Å². The summed E-state index contributed by atoms with van der Waals surface area (Å²) >= 11 is 5.63. The Morgan fingerprint density at radius 1 is 1.30 bits per heavy atom. The molecule has 1 amide bonds. The number of benzene rings is 1. The molecule has 0 unspecified atom stereocenters. The van der Waals surface area contributed by atoms with Gasteiger partial charge in [-0.05, 0) is 44.2 Å². The van der Waals surface area contributed by atoms with Crippen molar-refractivity contribution in [3.05, 3.63) is 40.8 Å². The Bertz CT molecular complexity index is 920. The van der Waals surface area contributed by atoms with Gasteiger partial charge in [0.1, 0.15) is 11.6 Å². The second-order valence-corrected chi connectivity index (χ2v) is 8.88. The summed E-state index contributed by atoms with van der Waals surface area (Å²) < 4.78 is 24.7. The van der Waals surface area contributed by atoms with E-state index in [0.717, 1.165) is 38.0 Å². The number of carbonyl (C=O) groups is 1. The molecule has 6 rings (SSSR count). The van der Waals surface area contributed by atoms with E-state index in [0.29, 0.717) is 5.89 Å². The van der Waals surface area contributed by atoms with Crippen LogP contribution in [0.3, 0.4) is 0 Å². The first kappa shape index (κ1) is 17.0. The lowest BCUT2D eigenvalue weighted by Crippen LogP contribution is -2.77. The molecule has 2 bridgehead atoms. The van der Waals surface area contributed by atoms with Crippen LogP contribution in [0.4, 0.5) is 4.39 Å². The van der Waals surface area contributed by atoms with Gasteiger partial charge in [-0.1, -0.05) is 18.5 Å². The molecule has 0 saturated heterocycles.